The van der Waals surface area contributed by atoms with Gasteiger partial charge in [-0.15, -0.1) is 0 Å². The first kappa shape index (κ1) is 17.2. The van der Waals surface area contributed by atoms with E-state index in [4.69, 9.17) is 4.74 Å². The number of methoxy groups -OCH3 is 1. The molecular formula is C18H31NO. The van der Waals surface area contributed by atoms with Crippen molar-refractivity contribution in [3.63, 3.8) is 0 Å². The standard InChI is InChI=1S/C18H31NO/c1-8-19-16(9-10-18(5,6)20-7)17-14(3)11-13(2)12-15(17)4/h11-12,16,19H,8-10H2,1-7H3. The molecule has 0 aliphatic heterocycles. The fraction of sp³-hybridized carbons (Fsp3) is 0.667. The maximum absolute atomic E-state index is 5.55. The van der Waals surface area contributed by atoms with Crippen LogP contribution in [-0.4, -0.2) is 19.3 Å². The minimum atomic E-state index is -0.0554. The van der Waals surface area contributed by atoms with E-state index in [1.807, 2.05) is 0 Å². The first-order valence-corrected chi connectivity index (χ1v) is 7.67. The Morgan fingerprint density at radius 3 is 2.15 bits per heavy atom. The Labute approximate surface area is 124 Å². The van der Waals surface area contributed by atoms with Crippen molar-refractivity contribution >= 4 is 0 Å². The third-order valence-corrected chi connectivity index (χ3v) is 4.12. The smallest absolute Gasteiger partial charge is 0.0623 e. The molecule has 0 radical (unpaired) electrons. The summed E-state index contributed by atoms with van der Waals surface area (Å²) in [6.07, 6.45) is 2.15. The van der Waals surface area contributed by atoms with Gasteiger partial charge in [0.2, 0.25) is 0 Å². The first-order valence-electron chi connectivity index (χ1n) is 7.67. The molecule has 0 amide bonds. The van der Waals surface area contributed by atoms with Crippen molar-refractivity contribution in [2.45, 2.75) is 66.0 Å². The van der Waals surface area contributed by atoms with Gasteiger partial charge < -0.3 is 10.1 Å². The highest BCUT2D eigenvalue weighted by molar-refractivity contribution is 5.39. The third kappa shape index (κ3) is 4.60. The monoisotopic (exact) mass is 277 g/mol. The van der Waals surface area contributed by atoms with Gasteiger partial charge in [-0.2, -0.15) is 0 Å². The quantitative estimate of drug-likeness (QED) is 0.794. The summed E-state index contributed by atoms with van der Waals surface area (Å²) in [5.41, 5.74) is 5.54. The van der Waals surface area contributed by atoms with E-state index >= 15 is 0 Å². The summed E-state index contributed by atoms with van der Waals surface area (Å²) < 4.78 is 5.55. The summed E-state index contributed by atoms with van der Waals surface area (Å²) in [5.74, 6) is 0. The van der Waals surface area contributed by atoms with Crippen LogP contribution in [0.4, 0.5) is 0 Å². The molecule has 2 heteroatoms. The summed E-state index contributed by atoms with van der Waals surface area (Å²) in [5, 5.41) is 3.64. The molecule has 0 heterocycles. The number of hydrogen-bond donors (Lipinski definition) is 1. The Hall–Kier alpha value is -0.860. The van der Waals surface area contributed by atoms with Crippen molar-refractivity contribution in [1.29, 1.82) is 0 Å². The number of benzene rings is 1. The summed E-state index contributed by atoms with van der Waals surface area (Å²) in [4.78, 5) is 0. The number of aryl methyl sites for hydroxylation is 3. The van der Waals surface area contributed by atoms with Gasteiger partial charge in [-0.3, -0.25) is 0 Å². The maximum Gasteiger partial charge on any atom is 0.0623 e. The highest BCUT2D eigenvalue weighted by Gasteiger charge is 2.21. The molecule has 1 atom stereocenters. The number of ether oxygens (including phenoxy) is 1. The van der Waals surface area contributed by atoms with Crippen molar-refractivity contribution in [1.82, 2.24) is 5.32 Å². The van der Waals surface area contributed by atoms with Gasteiger partial charge in [-0.1, -0.05) is 24.6 Å². The molecule has 114 valence electrons. The molecule has 2 nitrogen and oxygen atoms in total. The summed E-state index contributed by atoms with van der Waals surface area (Å²) in [6, 6.07) is 4.98. The molecule has 20 heavy (non-hydrogen) atoms. The Morgan fingerprint density at radius 2 is 1.70 bits per heavy atom. The lowest BCUT2D eigenvalue weighted by Gasteiger charge is -2.28. The third-order valence-electron chi connectivity index (χ3n) is 4.12. The van der Waals surface area contributed by atoms with E-state index < -0.39 is 0 Å². The predicted molar refractivity (Wildman–Crippen MR) is 87.4 cm³/mol. The maximum atomic E-state index is 5.55. The van der Waals surface area contributed by atoms with Crippen LogP contribution in [0.25, 0.3) is 0 Å². The van der Waals surface area contributed by atoms with Crippen LogP contribution in [0, 0.1) is 20.8 Å². The molecule has 1 aromatic carbocycles. The van der Waals surface area contributed by atoms with E-state index in [1.54, 1.807) is 7.11 Å². The fourth-order valence-electron chi connectivity index (χ4n) is 2.93. The highest BCUT2D eigenvalue weighted by Crippen LogP contribution is 2.29. The van der Waals surface area contributed by atoms with Crippen LogP contribution in [0.5, 0.6) is 0 Å². The van der Waals surface area contributed by atoms with Gasteiger partial charge in [0, 0.05) is 13.2 Å². The van der Waals surface area contributed by atoms with Gasteiger partial charge in [0.05, 0.1) is 5.60 Å². The second-order valence-electron chi connectivity index (χ2n) is 6.43. The second-order valence-corrected chi connectivity index (χ2v) is 6.43. The van der Waals surface area contributed by atoms with Crippen molar-refractivity contribution in [2.24, 2.45) is 0 Å². The number of hydrogen-bond acceptors (Lipinski definition) is 2. The lowest BCUT2D eigenvalue weighted by atomic mass is 9.89. The second kappa shape index (κ2) is 7.24. The highest BCUT2D eigenvalue weighted by atomic mass is 16.5. The van der Waals surface area contributed by atoms with Gasteiger partial charge in [-0.25, -0.2) is 0 Å². The lowest BCUT2D eigenvalue weighted by Crippen LogP contribution is -2.28. The molecule has 1 unspecified atom stereocenters. The number of nitrogens with one attached hydrogen (secondary N) is 1. The molecule has 0 saturated heterocycles. The SMILES string of the molecule is CCNC(CCC(C)(C)OC)c1c(C)cc(C)cc1C. The van der Waals surface area contributed by atoms with Gasteiger partial charge in [0.25, 0.3) is 0 Å². The molecule has 0 saturated carbocycles. The van der Waals surface area contributed by atoms with Crippen LogP contribution in [0.1, 0.15) is 61.9 Å². The van der Waals surface area contributed by atoms with Gasteiger partial charge in [-0.05, 0) is 70.7 Å². The van der Waals surface area contributed by atoms with Crippen LogP contribution in [-0.2, 0) is 4.74 Å². The molecule has 0 spiro atoms. The van der Waals surface area contributed by atoms with E-state index in [1.165, 1.54) is 22.3 Å². The van der Waals surface area contributed by atoms with E-state index in [0.717, 1.165) is 19.4 Å². The van der Waals surface area contributed by atoms with Gasteiger partial charge in [0.15, 0.2) is 0 Å². The molecule has 1 rings (SSSR count). The zero-order chi connectivity index (χ0) is 15.3. The molecule has 1 N–H and O–H groups in total. The van der Waals surface area contributed by atoms with Crippen molar-refractivity contribution in [2.75, 3.05) is 13.7 Å². The zero-order valence-electron chi connectivity index (χ0n) is 14.3. The fourth-order valence-corrected chi connectivity index (χ4v) is 2.93. The van der Waals surface area contributed by atoms with Crippen LogP contribution in [0.2, 0.25) is 0 Å². The van der Waals surface area contributed by atoms with Crippen LogP contribution in [0.15, 0.2) is 12.1 Å². The minimum Gasteiger partial charge on any atom is -0.379 e. The first-order chi connectivity index (χ1) is 9.30. The molecule has 0 aromatic heterocycles. The Balaban J connectivity index is 2.97. The normalized spacial score (nSPS) is 13.6. The molecule has 0 aliphatic rings. The Bertz CT molecular complexity index is 414. The molecule has 0 fully saturated rings. The van der Waals surface area contributed by atoms with Gasteiger partial charge >= 0.3 is 0 Å². The average Bonchev–Trinajstić information content (AvgIpc) is 2.35. The van der Waals surface area contributed by atoms with Crippen molar-refractivity contribution in [3.05, 3.63) is 34.4 Å². The summed E-state index contributed by atoms with van der Waals surface area (Å²) in [6.45, 7) is 14.1. The van der Waals surface area contributed by atoms with Crippen molar-refractivity contribution < 1.29 is 4.74 Å². The Kier molecular flexibility index (Phi) is 6.22. The van der Waals surface area contributed by atoms with Crippen molar-refractivity contribution in [3.8, 4) is 0 Å². The van der Waals surface area contributed by atoms with E-state index in [-0.39, 0.29) is 5.60 Å². The number of rotatable bonds is 7. The van der Waals surface area contributed by atoms with Crippen LogP contribution < -0.4 is 5.32 Å². The topological polar surface area (TPSA) is 21.3 Å². The summed E-state index contributed by atoms with van der Waals surface area (Å²) in [7, 11) is 1.80. The van der Waals surface area contributed by atoms with Gasteiger partial charge in [0.1, 0.15) is 0 Å². The van der Waals surface area contributed by atoms with Crippen LogP contribution in [0.3, 0.4) is 0 Å². The molecule has 0 aliphatic carbocycles. The molecular weight excluding hydrogens is 246 g/mol. The van der Waals surface area contributed by atoms with E-state index in [9.17, 15) is 0 Å². The average molecular weight is 277 g/mol. The van der Waals surface area contributed by atoms with E-state index in [2.05, 4.69) is 59.0 Å². The van der Waals surface area contributed by atoms with E-state index in [0.29, 0.717) is 6.04 Å². The Morgan fingerprint density at radius 1 is 1.15 bits per heavy atom. The predicted octanol–water partition coefficient (Wildman–Crippen LogP) is 4.47. The van der Waals surface area contributed by atoms with Crippen LogP contribution >= 0.6 is 0 Å². The largest absolute Gasteiger partial charge is 0.379 e. The summed E-state index contributed by atoms with van der Waals surface area (Å²) >= 11 is 0. The molecule has 0 bridgehead atoms. The lowest BCUT2D eigenvalue weighted by molar-refractivity contribution is 0.0117. The minimum absolute atomic E-state index is 0.0554. The zero-order valence-corrected chi connectivity index (χ0v) is 14.3. The molecule has 1 aromatic rings.